The molecule has 0 radical (unpaired) electrons. The van der Waals surface area contributed by atoms with Gasteiger partial charge in [0.05, 0.1) is 11.0 Å². The van der Waals surface area contributed by atoms with Crippen LogP contribution in [0.25, 0.3) is 21.8 Å². The SMILES string of the molecule is Cc1ccc2cc(O)ccc2n1.Cc1ccc2cc(O[Si](C)(C)C(C)(C)C)ccc2n1. The average molecular weight is 433 g/mol. The number of aromatic hydroxyl groups is 1. The number of phenols is 1. The third-order valence-corrected chi connectivity index (χ3v) is 10.1. The second-order valence-electron chi connectivity index (χ2n) is 9.50. The third-order valence-electron chi connectivity index (χ3n) is 5.79. The normalized spacial score (nSPS) is 11.8. The number of benzene rings is 2. The lowest BCUT2D eigenvalue weighted by molar-refractivity contribution is 0.476. The van der Waals surface area contributed by atoms with Crippen molar-refractivity contribution >= 4 is 30.1 Å². The molecule has 0 fully saturated rings. The van der Waals surface area contributed by atoms with Gasteiger partial charge in [0.25, 0.3) is 0 Å². The molecule has 0 aliphatic carbocycles. The molecule has 0 aliphatic rings. The van der Waals surface area contributed by atoms with E-state index in [0.717, 1.165) is 38.9 Å². The Morgan fingerprint density at radius 3 is 1.81 bits per heavy atom. The molecule has 4 nitrogen and oxygen atoms in total. The molecule has 31 heavy (non-hydrogen) atoms. The van der Waals surface area contributed by atoms with E-state index in [4.69, 9.17) is 4.43 Å². The molecule has 0 unspecified atom stereocenters. The number of fused-ring (bicyclic) bond motifs is 2. The van der Waals surface area contributed by atoms with Gasteiger partial charge in [-0.1, -0.05) is 32.9 Å². The molecule has 4 rings (SSSR count). The summed E-state index contributed by atoms with van der Waals surface area (Å²) in [6.45, 7) is 15.3. The van der Waals surface area contributed by atoms with E-state index >= 15 is 0 Å². The summed E-state index contributed by atoms with van der Waals surface area (Å²) < 4.78 is 6.32. The minimum absolute atomic E-state index is 0.216. The Balaban J connectivity index is 0.000000194. The smallest absolute Gasteiger partial charge is 0.250 e. The summed E-state index contributed by atoms with van der Waals surface area (Å²) in [7, 11) is -1.76. The lowest BCUT2D eigenvalue weighted by Gasteiger charge is -2.36. The highest BCUT2D eigenvalue weighted by Gasteiger charge is 2.38. The van der Waals surface area contributed by atoms with Crippen LogP contribution < -0.4 is 4.43 Å². The van der Waals surface area contributed by atoms with E-state index in [0.29, 0.717) is 0 Å². The number of aromatic nitrogens is 2. The van der Waals surface area contributed by atoms with Crippen LogP contribution in [-0.4, -0.2) is 23.4 Å². The number of hydrogen-bond acceptors (Lipinski definition) is 4. The lowest BCUT2D eigenvalue weighted by Crippen LogP contribution is -2.43. The van der Waals surface area contributed by atoms with Gasteiger partial charge in [-0.05, 0) is 80.5 Å². The van der Waals surface area contributed by atoms with Gasteiger partial charge in [-0.2, -0.15) is 0 Å². The Kier molecular flexibility index (Phi) is 6.37. The minimum atomic E-state index is -1.76. The fraction of sp³-hybridized carbons (Fsp3) is 0.308. The van der Waals surface area contributed by atoms with E-state index < -0.39 is 8.32 Å². The van der Waals surface area contributed by atoms with Crippen LogP contribution in [0.4, 0.5) is 0 Å². The second kappa shape index (κ2) is 8.67. The summed E-state index contributed by atoms with van der Waals surface area (Å²) in [5, 5.41) is 11.5. The summed E-state index contributed by atoms with van der Waals surface area (Å²) in [6, 6.07) is 19.4. The first-order valence-corrected chi connectivity index (χ1v) is 13.5. The van der Waals surface area contributed by atoms with E-state index in [-0.39, 0.29) is 10.8 Å². The maximum atomic E-state index is 9.17. The molecule has 5 heteroatoms. The van der Waals surface area contributed by atoms with Crippen molar-refractivity contribution in [2.45, 2.75) is 52.8 Å². The fourth-order valence-electron chi connectivity index (χ4n) is 2.93. The van der Waals surface area contributed by atoms with Crippen LogP contribution in [-0.2, 0) is 0 Å². The van der Waals surface area contributed by atoms with E-state index in [9.17, 15) is 5.11 Å². The van der Waals surface area contributed by atoms with Gasteiger partial charge in [0.15, 0.2) is 0 Å². The van der Waals surface area contributed by atoms with Crippen molar-refractivity contribution in [3.8, 4) is 11.5 Å². The van der Waals surface area contributed by atoms with Crippen molar-refractivity contribution in [2.24, 2.45) is 0 Å². The standard InChI is InChI=1S/C16H23NOSi.C10H9NO/c1-12-7-8-13-11-14(9-10-15(13)17-12)18-19(5,6)16(2,3)4;1-7-2-3-8-6-9(12)4-5-10(8)11-7/h7-11H,1-6H3;2-6,12H,1H3. The van der Waals surface area contributed by atoms with Crippen molar-refractivity contribution in [1.29, 1.82) is 0 Å². The van der Waals surface area contributed by atoms with Gasteiger partial charge in [-0.25, -0.2) is 0 Å². The molecule has 0 aliphatic heterocycles. The molecule has 2 aromatic carbocycles. The fourth-order valence-corrected chi connectivity index (χ4v) is 3.95. The van der Waals surface area contributed by atoms with Crippen molar-refractivity contribution in [3.05, 3.63) is 72.1 Å². The summed E-state index contributed by atoms with van der Waals surface area (Å²) in [4.78, 5) is 8.82. The Hall–Kier alpha value is -2.92. The van der Waals surface area contributed by atoms with Crippen LogP contribution in [0.1, 0.15) is 32.2 Å². The molecule has 0 bridgehead atoms. The van der Waals surface area contributed by atoms with Gasteiger partial charge in [-0.15, -0.1) is 0 Å². The second-order valence-corrected chi connectivity index (χ2v) is 14.2. The number of phenolic OH excluding ortho intramolecular Hbond substituents is 1. The zero-order chi connectivity index (χ0) is 22.8. The molecule has 0 spiro atoms. The zero-order valence-electron chi connectivity index (χ0n) is 19.5. The highest BCUT2D eigenvalue weighted by Crippen LogP contribution is 2.37. The molecule has 0 saturated heterocycles. The number of hydrogen-bond donors (Lipinski definition) is 1. The summed E-state index contributed by atoms with van der Waals surface area (Å²) in [5.41, 5.74) is 3.99. The van der Waals surface area contributed by atoms with Gasteiger partial charge in [0, 0.05) is 22.2 Å². The number of rotatable bonds is 2. The van der Waals surface area contributed by atoms with Crippen LogP contribution in [0.15, 0.2) is 60.7 Å². The maximum Gasteiger partial charge on any atom is 0.250 e. The van der Waals surface area contributed by atoms with Gasteiger partial charge in [-0.3, -0.25) is 9.97 Å². The minimum Gasteiger partial charge on any atom is -0.543 e. The molecule has 162 valence electrons. The highest BCUT2D eigenvalue weighted by molar-refractivity contribution is 6.74. The monoisotopic (exact) mass is 432 g/mol. The zero-order valence-corrected chi connectivity index (χ0v) is 20.5. The summed E-state index contributed by atoms with van der Waals surface area (Å²) in [6.07, 6.45) is 0. The molecular weight excluding hydrogens is 400 g/mol. The predicted molar refractivity (Wildman–Crippen MR) is 132 cm³/mol. The molecule has 0 atom stereocenters. The first-order valence-electron chi connectivity index (χ1n) is 10.6. The largest absolute Gasteiger partial charge is 0.543 e. The lowest BCUT2D eigenvalue weighted by atomic mass is 10.2. The number of pyridine rings is 2. The first kappa shape index (κ1) is 22.8. The van der Waals surface area contributed by atoms with E-state index in [1.54, 1.807) is 12.1 Å². The van der Waals surface area contributed by atoms with Gasteiger partial charge < -0.3 is 9.53 Å². The molecule has 0 saturated carbocycles. The Morgan fingerprint density at radius 1 is 0.742 bits per heavy atom. The third kappa shape index (κ3) is 5.61. The topological polar surface area (TPSA) is 55.2 Å². The number of aryl methyl sites for hydroxylation is 2. The van der Waals surface area contributed by atoms with E-state index in [1.165, 1.54) is 0 Å². The molecule has 4 aromatic rings. The predicted octanol–water partition coefficient (Wildman–Crippen LogP) is 7.18. The van der Waals surface area contributed by atoms with Crippen LogP contribution in [0.3, 0.4) is 0 Å². The van der Waals surface area contributed by atoms with Crippen LogP contribution in [0, 0.1) is 13.8 Å². The van der Waals surface area contributed by atoms with Crippen LogP contribution in [0.2, 0.25) is 18.1 Å². The van der Waals surface area contributed by atoms with E-state index in [1.807, 2.05) is 50.2 Å². The summed E-state index contributed by atoms with van der Waals surface area (Å²) in [5.74, 6) is 1.25. The molecule has 2 heterocycles. The van der Waals surface area contributed by atoms with Crippen molar-refractivity contribution in [3.63, 3.8) is 0 Å². The Bertz CT molecular complexity index is 1170. The van der Waals surface area contributed by atoms with Gasteiger partial charge >= 0.3 is 0 Å². The van der Waals surface area contributed by atoms with Crippen LogP contribution >= 0.6 is 0 Å². The maximum absolute atomic E-state index is 9.17. The highest BCUT2D eigenvalue weighted by atomic mass is 28.4. The quantitative estimate of drug-likeness (QED) is 0.341. The summed E-state index contributed by atoms with van der Waals surface area (Å²) >= 11 is 0. The number of nitrogens with zero attached hydrogens (tertiary/aromatic N) is 2. The molecule has 2 aromatic heterocycles. The van der Waals surface area contributed by atoms with Crippen LogP contribution in [0.5, 0.6) is 11.5 Å². The van der Waals surface area contributed by atoms with Crippen molar-refractivity contribution in [2.75, 3.05) is 0 Å². The van der Waals surface area contributed by atoms with Gasteiger partial charge in [0.2, 0.25) is 8.32 Å². The van der Waals surface area contributed by atoms with Gasteiger partial charge in [0.1, 0.15) is 11.5 Å². The Labute approximate surface area is 186 Å². The molecule has 1 N–H and O–H groups in total. The first-order chi connectivity index (χ1) is 14.4. The van der Waals surface area contributed by atoms with Crippen molar-refractivity contribution in [1.82, 2.24) is 9.97 Å². The van der Waals surface area contributed by atoms with E-state index in [2.05, 4.69) is 56.0 Å². The van der Waals surface area contributed by atoms with Crippen molar-refractivity contribution < 1.29 is 9.53 Å². The molecule has 0 amide bonds. The average Bonchev–Trinajstić information content (AvgIpc) is 2.68. The Morgan fingerprint density at radius 2 is 1.26 bits per heavy atom. The molecular formula is C26H32N2O2Si.